The summed E-state index contributed by atoms with van der Waals surface area (Å²) in [5.74, 6) is -1.30. The van der Waals surface area contributed by atoms with E-state index in [0.717, 1.165) is 31.4 Å². The largest absolute Gasteiger partial charge is 0.493 e. The van der Waals surface area contributed by atoms with E-state index in [0.29, 0.717) is 42.3 Å². The number of nitrogens with one attached hydrogen (secondary N) is 1. The lowest BCUT2D eigenvalue weighted by atomic mass is 10.1. The summed E-state index contributed by atoms with van der Waals surface area (Å²) in [6.45, 7) is 1.40. The SMILES string of the molecule is COc1cc(NC(=O)CCCOc2ccc(F)cc2F)c(C(=O)N2CCCCC2)cc1OC. The molecule has 7 nitrogen and oxygen atoms in total. The maximum atomic E-state index is 13.6. The Morgan fingerprint density at radius 2 is 1.67 bits per heavy atom. The van der Waals surface area contributed by atoms with Crippen LogP contribution in [0.4, 0.5) is 14.5 Å². The quantitative estimate of drug-likeness (QED) is 0.559. The van der Waals surface area contributed by atoms with E-state index in [2.05, 4.69) is 5.32 Å². The molecular weight excluding hydrogens is 434 g/mol. The molecule has 1 saturated heterocycles. The molecule has 9 heteroatoms. The van der Waals surface area contributed by atoms with Gasteiger partial charge in [0.15, 0.2) is 23.1 Å². The van der Waals surface area contributed by atoms with Crippen LogP contribution in [0, 0.1) is 11.6 Å². The van der Waals surface area contributed by atoms with Crippen molar-refractivity contribution in [3.8, 4) is 17.2 Å². The number of carbonyl (C=O) groups is 2. The fourth-order valence-corrected chi connectivity index (χ4v) is 3.65. The summed E-state index contributed by atoms with van der Waals surface area (Å²) >= 11 is 0. The number of halogens is 2. The zero-order valence-corrected chi connectivity index (χ0v) is 18.8. The minimum absolute atomic E-state index is 0.0709. The first-order chi connectivity index (χ1) is 15.9. The third-order valence-electron chi connectivity index (χ3n) is 5.37. The summed E-state index contributed by atoms with van der Waals surface area (Å²) < 4.78 is 42.5. The molecule has 0 atom stereocenters. The Bertz CT molecular complexity index is 993. The summed E-state index contributed by atoms with van der Waals surface area (Å²) in [7, 11) is 2.96. The third-order valence-corrected chi connectivity index (χ3v) is 5.37. The van der Waals surface area contributed by atoms with Crippen molar-refractivity contribution in [2.75, 3.05) is 39.2 Å². The second-order valence-electron chi connectivity index (χ2n) is 7.68. The number of rotatable bonds is 9. The monoisotopic (exact) mass is 462 g/mol. The average Bonchev–Trinajstić information content (AvgIpc) is 2.82. The Morgan fingerprint density at radius 1 is 0.970 bits per heavy atom. The normalized spacial score (nSPS) is 13.4. The van der Waals surface area contributed by atoms with Gasteiger partial charge in [-0.25, -0.2) is 8.78 Å². The summed E-state index contributed by atoms with van der Waals surface area (Å²) in [6, 6.07) is 6.18. The standard InChI is InChI=1S/C24H28F2N2O5/c1-31-21-14-17(24(30)28-10-4-3-5-11-28)19(15-22(21)32-2)27-23(29)7-6-12-33-20-9-8-16(25)13-18(20)26/h8-9,13-15H,3-7,10-12H2,1-2H3,(H,27,29). The predicted octanol–water partition coefficient (Wildman–Crippen LogP) is 4.41. The Balaban J connectivity index is 1.66. The van der Waals surface area contributed by atoms with E-state index < -0.39 is 11.6 Å². The molecule has 2 aromatic carbocycles. The fourth-order valence-electron chi connectivity index (χ4n) is 3.65. The number of amides is 2. The van der Waals surface area contributed by atoms with Gasteiger partial charge in [0.2, 0.25) is 5.91 Å². The van der Waals surface area contributed by atoms with Gasteiger partial charge in [-0.05, 0) is 43.9 Å². The van der Waals surface area contributed by atoms with Crippen molar-refractivity contribution in [2.24, 2.45) is 0 Å². The molecule has 1 aliphatic rings. The first-order valence-electron chi connectivity index (χ1n) is 10.9. The highest BCUT2D eigenvalue weighted by molar-refractivity contribution is 6.04. The maximum Gasteiger partial charge on any atom is 0.256 e. The molecule has 178 valence electrons. The van der Waals surface area contributed by atoms with Crippen molar-refractivity contribution in [1.29, 1.82) is 0 Å². The van der Waals surface area contributed by atoms with Crippen LogP contribution in [-0.2, 0) is 4.79 Å². The molecule has 1 aliphatic heterocycles. The van der Waals surface area contributed by atoms with Crippen molar-refractivity contribution < 1.29 is 32.6 Å². The maximum absolute atomic E-state index is 13.6. The third kappa shape index (κ3) is 6.34. The lowest BCUT2D eigenvalue weighted by Crippen LogP contribution is -2.36. The number of benzene rings is 2. The first kappa shape index (κ1) is 24.3. The highest BCUT2D eigenvalue weighted by Crippen LogP contribution is 2.34. The second-order valence-corrected chi connectivity index (χ2v) is 7.68. The van der Waals surface area contributed by atoms with Gasteiger partial charge in [-0.2, -0.15) is 0 Å². The smallest absolute Gasteiger partial charge is 0.256 e. The Hall–Kier alpha value is -3.36. The Kier molecular flexibility index (Phi) is 8.46. The van der Waals surface area contributed by atoms with Gasteiger partial charge in [0.25, 0.3) is 5.91 Å². The van der Waals surface area contributed by atoms with Gasteiger partial charge >= 0.3 is 0 Å². The highest BCUT2D eigenvalue weighted by atomic mass is 19.1. The summed E-state index contributed by atoms with van der Waals surface area (Å²) in [4.78, 5) is 27.5. The number of methoxy groups -OCH3 is 2. The molecule has 0 radical (unpaired) electrons. The second kappa shape index (κ2) is 11.5. The van der Waals surface area contributed by atoms with Crippen LogP contribution in [0.15, 0.2) is 30.3 Å². The average molecular weight is 462 g/mol. The zero-order valence-electron chi connectivity index (χ0n) is 18.8. The van der Waals surface area contributed by atoms with Gasteiger partial charge in [0.1, 0.15) is 5.82 Å². The first-order valence-corrected chi connectivity index (χ1v) is 10.9. The number of hydrogen-bond donors (Lipinski definition) is 1. The van der Waals surface area contributed by atoms with E-state index in [9.17, 15) is 18.4 Å². The molecule has 1 N–H and O–H groups in total. The number of anilines is 1. The van der Waals surface area contributed by atoms with Crippen molar-refractivity contribution in [3.05, 3.63) is 47.5 Å². The minimum Gasteiger partial charge on any atom is -0.493 e. The van der Waals surface area contributed by atoms with Crippen LogP contribution in [0.25, 0.3) is 0 Å². The van der Waals surface area contributed by atoms with Crippen LogP contribution in [0.1, 0.15) is 42.5 Å². The summed E-state index contributed by atoms with van der Waals surface area (Å²) in [5, 5.41) is 2.77. The molecule has 2 amide bonds. The summed E-state index contributed by atoms with van der Waals surface area (Å²) in [6.07, 6.45) is 3.34. The van der Waals surface area contributed by atoms with Gasteiger partial charge in [0.05, 0.1) is 32.1 Å². The minimum atomic E-state index is -0.800. The molecule has 0 saturated carbocycles. The molecule has 1 heterocycles. The molecule has 0 spiro atoms. The van der Waals surface area contributed by atoms with Crippen molar-refractivity contribution in [1.82, 2.24) is 4.90 Å². The van der Waals surface area contributed by atoms with Crippen LogP contribution in [-0.4, -0.2) is 50.6 Å². The van der Waals surface area contributed by atoms with Gasteiger partial charge in [-0.3, -0.25) is 9.59 Å². The van der Waals surface area contributed by atoms with Gasteiger partial charge in [-0.15, -0.1) is 0 Å². The van der Waals surface area contributed by atoms with Crippen LogP contribution in [0.2, 0.25) is 0 Å². The molecule has 2 aromatic rings. The van der Waals surface area contributed by atoms with Crippen molar-refractivity contribution in [2.45, 2.75) is 32.1 Å². The van der Waals surface area contributed by atoms with E-state index in [1.165, 1.54) is 20.3 Å². The van der Waals surface area contributed by atoms with Crippen molar-refractivity contribution >= 4 is 17.5 Å². The lowest BCUT2D eigenvalue weighted by molar-refractivity contribution is -0.116. The molecule has 0 bridgehead atoms. The number of hydrogen-bond acceptors (Lipinski definition) is 5. The van der Waals surface area contributed by atoms with Crippen LogP contribution >= 0.6 is 0 Å². The van der Waals surface area contributed by atoms with E-state index in [1.807, 2.05) is 0 Å². The Morgan fingerprint density at radius 3 is 2.33 bits per heavy atom. The van der Waals surface area contributed by atoms with E-state index in [-0.39, 0.29) is 30.6 Å². The zero-order chi connectivity index (χ0) is 23.8. The number of likely N-dealkylation sites (tertiary alicyclic amines) is 1. The molecular formula is C24H28F2N2O5. The van der Waals surface area contributed by atoms with Crippen LogP contribution < -0.4 is 19.5 Å². The number of carbonyl (C=O) groups excluding carboxylic acids is 2. The Labute approximate surface area is 191 Å². The lowest BCUT2D eigenvalue weighted by Gasteiger charge is -2.28. The van der Waals surface area contributed by atoms with Gasteiger partial charge in [-0.1, -0.05) is 0 Å². The predicted molar refractivity (Wildman–Crippen MR) is 119 cm³/mol. The molecule has 1 fully saturated rings. The molecule has 3 rings (SSSR count). The fraction of sp³-hybridized carbons (Fsp3) is 0.417. The van der Waals surface area contributed by atoms with Crippen LogP contribution in [0.3, 0.4) is 0 Å². The van der Waals surface area contributed by atoms with E-state index in [4.69, 9.17) is 14.2 Å². The van der Waals surface area contributed by atoms with Gasteiger partial charge in [0, 0.05) is 31.6 Å². The molecule has 33 heavy (non-hydrogen) atoms. The molecule has 0 aliphatic carbocycles. The number of nitrogens with zero attached hydrogens (tertiary/aromatic N) is 1. The molecule has 0 aromatic heterocycles. The topological polar surface area (TPSA) is 77.1 Å². The van der Waals surface area contributed by atoms with Gasteiger partial charge < -0.3 is 24.4 Å². The summed E-state index contributed by atoms with van der Waals surface area (Å²) in [5.41, 5.74) is 0.659. The van der Waals surface area contributed by atoms with Crippen molar-refractivity contribution in [3.63, 3.8) is 0 Å². The van der Waals surface area contributed by atoms with E-state index in [1.54, 1.807) is 17.0 Å². The number of ether oxygens (including phenoxy) is 3. The number of piperidine rings is 1. The van der Waals surface area contributed by atoms with Crippen LogP contribution in [0.5, 0.6) is 17.2 Å². The van der Waals surface area contributed by atoms with E-state index >= 15 is 0 Å². The highest BCUT2D eigenvalue weighted by Gasteiger charge is 2.24. The molecule has 0 unspecified atom stereocenters.